The van der Waals surface area contributed by atoms with Crippen LogP contribution in [0.3, 0.4) is 0 Å². The molecule has 0 saturated carbocycles. The Labute approximate surface area is 102 Å². The highest BCUT2D eigenvalue weighted by Gasteiger charge is 2.23. The Kier molecular flexibility index (Phi) is 3.55. The summed E-state index contributed by atoms with van der Waals surface area (Å²) in [5.74, 6) is 0.646. The van der Waals surface area contributed by atoms with Gasteiger partial charge in [-0.3, -0.25) is 4.52 Å². The molecule has 1 atom stereocenters. The zero-order valence-electron chi connectivity index (χ0n) is 9.88. The molecule has 0 radical (unpaired) electrons. The predicted octanol–water partition coefficient (Wildman–Crippen LogP) is 3.75. The van der Waals surface area contributed by atoms with Crippen LogP contribution < -0.4 is 9.83 Å². The molecule has 0 fully saturated rings. The van der Waals surface area contributed by atoms with Crippen molar-refractivity contribution in [3.8, 4) is 5.75 Å². The van der Waals surface area contributed by atoms with Crippen LogP contribution >= 0.6 is 8.03 Å². The van der Waals surface area contributed by atoms with Gasteiger partial charge < -0.3 is 0 Å². The van der Waals surface area contributed by atoms with Gasteiger partial charge in [0.1, 0.15) is 0 Å². The molecule has 0 bridgehead atoms. The summed E-state index contributed by atoms with van der Waals surface area (Å²) in [6, 6.07) is 15.1. The highest BCUT2D eigenvalue weighted by molar-refractivity contribution is 7.48. The van der Waals surface area contributed by atoms with Gasteiger partial charge in [-0.05, 0) is 53.8 Å². The molecule has 0 aliphatic carbocycles. The van der Waals surface area contributed by atoms with Crippen LogP contribution in [0.2, 0.25) is 0 Å². The van der Waals surface area contributed by atoms with E-state index >= 15 is 0 Å². The van der Waals surface area contributed by atoms with Crippen molar-refractivity contribution in [2.24, 2.45) is 0 Å². The number of aryl methyl sites for hydroxylation is 2. The maximum absolute atomic E-state index is 12.0. The summed E-state index contributed by atoms with van der Waals surface area (Å²) >= 11 is 0. The smallest absolute Gasteiger partial charge is 0.250 e. The SMILES string of the molecule is Cc1cccc(O[P+](=O)c2cccc(C)c2)c1. The molecule has 0 aliphatic rings. The number of hydrogen-bond donors (Lipinski definition) is 0. The number of rotatable bonds is 3. The van der Waals surface area contributed by atoms with Crippen molar-refractivity contribution in [1.29, 1.82) is 0 Å². The van der Waals surface area contributed by atoms with Crippen LogP contribution in [0, 0.1) is 13.8 Å². The number of benzene rings is 2. The van der Waals surface area contributed by atoms with Crippen LogP contribution in [0.25, 0.3) is 0 Å². The van der Waals surface area contributed by atoms with Crippen molar-refractivity contribution in [2.75, 3.05) is 0 Å². The third kappa shape index (κ3) is 3.15. The van der Waals surface area contributed by atoms with E-state index in [-0.39, 0.29) is 0 Å². The van der Waals surface area contributed by atoms with Crippen molar-refractivity contribution in [3.63, 3.8) is 0 Å². The van der Waals surface area contributed by atoms with E-state index in [1.807, 2.05) is 62.4 Å². The average molecular weight is 245 g/mol. The third-order valence-corrected chi connectivity index (χ3v) is 3.47. The van der Waals surface area contributed by atoms with Gasteiger partial charge in [-0.1, -0.05) is 24.3 Å². The van der Waals surface area contributed by atoms with Crippen molar-refractivity contribution < 1.29 is 9.09 Å². The van der Waals surface area contributed by atoms with Crippen LogP contribution in [0.1, 0.15) is 11.1 Å². The molecule has 0 aromatic heterocycles. The molecule has 2 rings (SSSR count). The molecule has 0 saturated heterocycles. The number of hydrogen-bond acceptors (Lipinski definition) is 2. The Bertz CT molecular complexity index is 549. The molecule has 1 unspecified atom stereocenters. The fourth-order valence-electron chi connectivity index (χ4n) is 1.56. The first kappa shape index (κ1) is 11.8. The fraction of sp³-hybridized carbons (Fsp3) is 0.143. The topological polar surface area (TPSA) is 26.3 Å². The highest BCUT2D eigenvalue weighted by atomic mass is 31.1. The maximum atomic E-state index is 12.0. The van der Waals surface area contributed by atoms with Gasteiger partial charge in [-0.25, -0.2) is 0 Å². The lowest BCUT2D eigenvalue weighted by Gasteiger charge is -1.95. The molecule has 2 aromatic carbocycles. The van der Waals surface area contributed by atoms with E-state index in [2.05, 4.69) is 0 Å². The van der Waals surface area contributed by atoms with Crippen LogP contribution in [0.15, 0.2) is 48.5 Å². The standard InChI is InChI=1S/C14H14O2P/c1-11-5-3-7-13(9-11)16-17(15)14-8-4-6-12(2)10-14/h3-10H,1-2H3/q+1. The minimum atomic E-state index is -1.83. The van der Waals surface area contributed by atoms with Crippen LogP contribution in [-0.2, 0) is 4.57 Å². The monoisotopic (exact) mass is 245 g/mol. The maximum Gasteiger partial charge on any atom is 0.597 e. The van der Waals surface area contributed by atoms with Gasteiger partial charge >= 0.3 is 8.03 Å². The summed E-state index contributed by atoms with van der Waals surface area (Å²) in [5, 5.41) is 0.724. The predicted molar refractivity (Wildman–Crippen MR) is 70.2 cm³/mol. The molecule has 0 N–H and O–H groups in total. The summed E-state index contributed by atoms with van der Waals surface area (Å²) in [5.41, 5.74) is 2.17. The summed E-state index contributed by atoms with van der Waals surface area (Å²) in [6.07, 6.45) is 0. The van der Waals surface area contributed by atoms with E-state index in [0.717, 1.165) is 16.4 Å². The zero-order valence-corrected chi connectivity index (χ0v) is 10.8. The van der Waals surface area contributed by atoms with Crippen LogP contribution in [0.5, 0.6) is 5.75 Å². The highest BCUT2D eigenvalue weighted by Crippen LogP contribution is 2.26. The Morgan fingerprint density at radius 2 is 1.59 bits per heavy atom. The van der Waals surface area contributed by atoms with E-state index in [4.69, 9.17) is 4.52 Å². The lowest BCUT2D eigenvalue weighted by atomic mass is 10.2. The first-order chi connectivity index (χ1) is 8.15. The van der Waals surface area contributed by atoms with Crippen LogP contribution in [0.4, 0.5) is 0 Å². The summed E-state index contributed by atoms with van der Waals surface area (Å²) < 4.78 is 17.4. The molecule has 2 nitrogen and oxygen atoms in total. The van der Waals surface area contributed by atoms with Crippen molar-refractivity contribution in [1.82, 2.24) is 0 Å². The van der Waals surface area contributed by atoms with Crippen molar-refractivity contribution in [3.05, 3.63) is 59.7 Å². The summed E-state index contributed by atoms with van der Waals surface area (Å²) in [6.45, 7) is 3.95. The molecule has 17 heavy (non-hydrogen) atoms. The van der Waals surface area contributed by atoms with Crippen molar-refractivity contribution in [2.45, 2.75) is 13.8 Å². The molecule has 2 aromatic rings. The van der Waals surface area contributed by atoms with Gasteiger partial charge in [-0.2, -0.15) is 0 Å². The second kappa shape index (κ2) is 5.11. The minimum absolute atomic E-state index is 0.646. The first-order valence-electron chi connectivity index (χ1n) is 5.44. The Hall–Kier alpha value is -1.66. The van der Waals surface area contributed by atoms with Crippen molar-refractivity contribution >= 4 is 13.3 Å². The van der Waals surface area contributed by atoms with E-state index in [1.165, 1.54) is 0 Å². The van der Waals surface area contributed by atoms with Gasteiger partial charge in [0, 0.05) is 0 Å². The second-order valence-corrected chi connectivity index (χ2v) is 5.22. The molecule has 3 heteroatoms. The average Bonchev–Trinajstić information content (AvgIpc) is 2.29. The summed E-state index contributed by atoms with van der Waals surface area (Å²) in [4.78, 5) is 0. The molecule has 0 aliphatic heterocycles. The molecule has 86 valence electrons. The molecule has 0 spiro atoms. The molecular weight excluding hydrogens is 231 g/mol. The second-order valence-electron chi connectivity index (χ2n) is 4.00. The molecular formula is C14H14O2P+. The third-order valence-electron chi connectivity index (χ3n) is 2.39. The van der Waals surface area contributed by atoms with Gasteiger partial charge in [0.15, 0.2) is 5.75 Å². The van der Waals surface area contributed by atoms with E-state index in [0.29, 0.717) is 5.75 Å². The van der Waals surface area contributed by atoms with Gasteiger partial charge in [-0.15, -0.1) is 0 Å². The normalized spacial score (nSPS) is 11.1. The zero-order chi connectivity index (χ0) is 12.3. The van der Waals surface area contributed by atoms with Gasteiger partial charge in [0.05, 0.1) is 0 Å². The lowest BCUT2D eigenvalue weighted by Crippen LogP contribution is -2.00. The van der Waals surface area contributed by atoms with E-state index in [9.17, 15) is 4.57 Å². The van der Waals surface area contributed by atoms with Crippen LogP contribution in [-0.4, -0.2) is 0 Å². The fourth-order valence-corrected chi connectivity index (χ4v) is 2.49. The molecule has 0 heterocycles. The Morgan fingerprint density at radius 3 is 2.24 bits per heavy atom. The van der Waals surface area contributed by atoms with E-state index < -0.39 is 8.03 Å². The first-order valence-corrected chi connectivity index (χ1v) is 6.61. The molecule has 0 amide bonds. The van der Waals surface area contributed by atoms with Gasteiger partial charge in [0.25, 0.3) is 0 Å². The van der Waals surface area contributed by atoms with E-state index in [1.54, 1.807) is 0 Å². The largest absolute Gasteiger partial charge is 0.597 e. The Balaban J connectivity index is 2.17. The lowest BCUT2D eigenvalue weighted by molar-refractivity contribution is 0.514. The summed E-state index contributed by atoms with van der Waals surface area (Å²) in [7, 11) is -1.83. The quantitative estimate of drug-likeness (QED) is 0.770. The van der Waals surface area contributed by atoms with Gasteiger partial charge in [0.2, 0.25) is 5.30 Å². The minimum Gasteiger partial charge on any atom is -0.250 e. The Morgan fingerprint density at radius 1 is 0.941 bits per heavy atom.